The summed E-state index contributed by atoms with van der Waals surface area (Å²) in [6.07, 6.45) is 1.08. The van der Waals surface area contributed by atoms with E-state index in [-0.39, 0.29) is 11.2 Å². The van der Waals surface area contributed by atoms with Crippen LogP contribution < -0.4 is 5.73 Å². The molecule has 1 heterocycles. The van der Waals surface area contributed by atoms with Gasteiger partial charge in [-0.25, -0.2) is 4.39 Å². The fourth-order valence-corrected chi connectivity index (χ4v) is 2.39. The molecule has 94 valence electrons. The molecule has 0 amide bonds. The Bertz CT molecular complexity index is 586. The highest BCUT2D eigenvalue weighted by molar-refractivity contribution is 5.76. The highest BCUT2D eigenvalue weighted by Gasteiger charge is 2.49. The minimum absolute atomic E-state index is 0.248. The molecule has 18 heavy (non-hydrogen) atoms. The van der Waals surface area contributed by atoms with Crippen LogP contribution in [0.1, 0.15) is 31.9 Å². The molecule has 1 unspecified atom stereocenters. The predicted octanol–water partition coefficient (Wildman–Crippen LogP) is 3.58. The van der Waals surface area contributed by atoms with Gasteiger partial charge in [0.2, 0.25) is 5.88 Å². The van der Waals surface area contributed by atoms with Gasteiger partial charge in [-0.2, -0.15) is 0 Å². The largest absolute Gasteiger partial charge is 0.367 e. The molecule has 2 N–H and O–H groups in total. The fourth-order valence-electron chi connectivity index (χ4n) is 2.39. The van der Waals surface area contributed by atoms with Crippen molar-refractivity contribution in [1.82, 2.24) is 5.16 Å². The molecular weight excluding hydrogens is 231 g/mol. The van der Waals surface area contributed by atoms with Crippen molar-refractivity contribution < 1.29 is 8.91 Å². The SMILES string of the molecule is CC1(C)CC1c1noc(N)c1-c1ccc(F)cc1. The molecule has 2 aromatic rings. The average molecular weight is 246 g/mol. The van der Waals surface area contributed by atoms with Crippen LogP contribution in [-0.4, -0.2) is 5.16 Å². The quantitative estimate of drug-likeness (QED) is 0.881. The Labute approximate surface area is 105 Å². The van der Waals surface area contributed by atoms with Gasteiger partial charge in [0, 0.05) is 5.92 Å². The first-order valence-electron chi connectivity index (χ1n) is 6.00. The predicted molar refractivity (Wildman–Crippen MR) is 67.4 cm³/mol. The van der Waals surface area contributed by atoms with Gasteiger partial charge < -0.3 is 10.3 Å². The van der Waals surface area contributed by atoms with Gasteiger partial charge in [-0.15, -0.1) is 0 Å². The molecular formula is C14H15FN2O. The van der Waals surface area contributed by atoms with Crippen molar-refractivity contribution in [3.63, 3.8) is 0 Å². The standard InChI is InChI=1S/C14H15FN2O/c1-14(2)7-10(14)12-11(13(16)18-17-12)8-3-5-9(15)6-4-8/h3-6,10H,7,16H2,1-2H3. The zero-order chi connectivity index (χ0) is 12.9. The summed E-state index contributed by atoms with van der Waals surface area (Å²) >= 11 is 0. The van der Waals surface area contributed by atoms with E-state index in [0.29, 0.717) is 11.8 Å². The Hall–Kier alpha value is -1.84. The number of nitrogens with zero attached hydrogens (tertiary/aromatic N) is 1. The van der Waals surface area contributed by atoms with E-state index < -0.39 is 0 Å². The number of hydrogen-bond donors (Lipinski definition) is 1. The van der Waals surface area contributed by atoms with Gasteiger partial charge in [0.15, 0.2) is 0 Å². The van der Waals surface area contributed by atoms with Crippen molar-refractivity contribution in [2.75, 3.05) is 5.73 Å². The molecule has 0 bridgehead atoms. The van der Waals surface area contributed by atoms with Gasteiger partial charge in [-0.05, 0) is 29.5 Å². The summed E-state index contributed by atoms with van der Waals surface area (Å²) in [5.41, 5.74) is 8.65. The molecule has 1 aromatic heterocycles. The monoisotopic (exact) mass is 246 g/mol. The smallest absolute Gasteiger partial charge is 0.230 e. The second-order valence-electron chi connectivity index (χ2n) is 5.56. The second kappa shape index (κ2) is 3.57. The highest BCUT2D eigenvalue weighted by atomic mass is 19.1. The minimum atomic E-state index is -0.262. The van der Waals surface area contributed by atoms with Gasteiger partial charge in [0.1, 0.15) is 5.82 Å². The molecule has 1 saturated carbocycles. The van der Waals surface area contributed by atoms with E-state index in [1.807, 2.05) is 0 Å². The van der Waals surface area contributed by atoms with E-state index in [9.17, 15) is 4.39 Å². The van der Waals surface area contributed by atoms with Gasteiger partial charge in [0.25, 0.3) is 0 Å². The molecule has 1 atom stereocenters. The lowest BCUT2D eigenvalue weighted by molar-refractivity contribution is 0.424. The molecule has 1 fully saturated rings. The number of anilines is 1. The lowest BCUT2D eigenvalue weighted by Crippen LogP contribution is -1.94. The summed E-state index contributed by atoms with van der Waals surface area (Å²) in [4.78, 5) is 0. The van der Waals surface area contributed by atoms with Gasteiger partial charge in [0.05, 0.1) is 11.3 Å². The van der Waals surface area contributed by atoms with E-state index in [1.165, 1.54) is 12.1 Å². The highest BCUT2D eigenvalue weighted by Crippen LogP contribution is 2.60. The molecule has 3 rings (SSSR count). The summed E-state index contributed by atoms with van der Waals surface area (Å²) in [7, 11) is 0. The lowest BCUT2D eigenvalue weighted by Gasteiger charge is -2.04. The topological polar surface area (TPSA) is 52.0 Å². The molecule has 0 spiro atoms. The third-order valence-corrected chi connectivity index (χ3v) is 3.72. The summed E-state index contributed by atoms with van der Waals surface area (Å²) in [5.74, 6) is 0.417. The molecule has 1 aromatic carbocycles. The van der Waals surface area contributed by atoms with Crippen LogP contribution in [0.15, 0.2) is 28.8 Å². The van der Waals surface area contributed by atoms with Crippen molar-refractivity contribution in [1.29, 1.82) is 0 Å². The first-order chi connectivity index (χ1) is 8.49. The number of nitrogen functional groups attached to an aromatic ring is 1. The van der Waals surface area contributed by atoms with E-state index in [2.05, 4.69) is 19.0 Å². The zero-order valence-electron chi connectivity index (χ0n) is 10.4. The molecule has 3 nitrogen and oxygen atoms in total. The van der Waals surface area contributed by atoms with E-state index in [4.69, 9.17) is 10.3 Å². The van der Waals surface area contributed by atoms with Gasteiger partial charge in [-0.1, -0.05) is 31.1 Å². The Morgan fingerprint density at radius 1 is 1.33 bits per heavy atom. The van der Waals surface area contributed by atoms with Crippen LogP contribution in [0.5, 0.6) is 0 Å². The van der Waals surface area contributed by atoms with Gasteiger partial charge in [-0.3, -0.25) is 0 Å². The third-order valence-electron chi connectivity index (χ3n) is 3.72. The van der Waals surface area contributed by atoms with Gasteiger partial charge >= 0.3 is 0 Å². The molecule has 0 saturated heterocycles. The van der Waals surface area contributed by atoms with Crippen LogP contribution in [0.2, 0.25) is 0 Å². The number of nitrogens with two attached hydrogens (primary N) is 1. The molecule has 0 radical (unpaired) electrons. The maximum atomic E-state index is 13.0. The van der Waals surface area contributed by atoms with Crippen molar-refractivity contribution in [2.24, 2.45) is 5.41 Å². The summed E-state index contributed by atoms with van der Waals surface area (Å²) in [5, 5.41) is 4.08. The molecule has 1 aliphatic carbocycles. The average Bonchev–Trinajstić information content (AvgIpc) is 2.78. The van der Waals surface area contributed by atoms with E-state index >= 15 is 0 Å². The Balaban J connectivity index is 2.06. The lowest BCUT2D eigenvalue weighted by atomic mass is 10.00. The van der Waals surface area contributed by atoms with E-state index in [0.717, 1.165) is 23.2 Å². The summed E-state index contributed by atoms with van der Waals surface area (Å²) in [6.45, 7) is 4.38. The normalized spacial score (nSPS) is 20.9. The number of benzene rings is 1. The first kappa shape index (κ1) is 11.3. The van der Waals surface area contributed by atoms with Crippen LogP contribution in [0, 0.1) is 11.2 Å². The first-order valence-corrected chi connectivity index (χ1v) is 6.00. The number of hydrogen-bond acceptors (Lipinski definition) is 3. The van der Waals surface area contributed by atoms with Crippen LogP contribution in [-0.2, 0) is 0 Å². The zero-order valence-corrected chi connectivity index (χ0v) is 10.4. The second-order valence-corrected chi connectivity index (χ2v) is 5.56. The fraction of sp³-hybridized carbons (Fsp3) is 0.357. The Morgan fingerprint density at radius 2 is 1.94 bits per heavy atom. The number of rotatable bonds is 2. The molecule has 4 heteroatoms. The van der Waals surface area contributed by atoms with E-state index in [1.54, 1.807) is 12.1 Å². The Morgan fingerprint density at radius 3 is 2.50 bits per heavy atom. The molecule has 1 aliphatic rings. The van der Waals surface area contributed by atoms with Crippen LogP contribution in [0.3, 0.4) is 0 Å². The van der Waals surface area contributed by atoms with Crippen LogP contribution in [0.4, 0.5) is 10.3 Å². The molecule has 0 aliphatic heterocycles. The summed E-state index contributed by atoms with van der Waals surface area (Å²) in [6, 6.07) is 6.25. The van der Waals surface area contributed by atoms with Crippen molar-refractivity contribution in [3.8, 4) is 11.1 Å². The van der Waals surface area contributed by atoms with Crippen LogP contribution >= 0.6 is 0 Å². The maximum absolute atomic E-state index is 13.0. The van der Waals surface area contributed by atoms with Crippen molar-refractivity contribution in [2.45, 2.75) is 26.2 Å². The van der Waals surface area contributed by atoms with Crippen LogP contribution in [0.25, 0.3) is 11.1 Å². The minimum Gasteiger partial charge on any atom is -0.367 e. The van der Waals surface area contributed by atoms with Crippen molar-refractivity contribution in [3.05, 3.63) is 35.8 Å². The maximum Gasteiger partial charge on any atom is 0.230 e. The van der Waals surface area contributed by atoms with Crippen molar-refractivity contribution >= 4 is 5.88 Å². The third kappa shape index (κ3) is 1.68. The summed E-state index contributed by atoms with van der Waals surface area (Å²) < 4.78 is 18.1. The Kier molecular flexibility index (Phi) is 2.24. The number of halogens is 1. The number of aromatic nitrogens is 1.